The minimum Gasteiger partial charge on any atom is -0.458 e. The summed E-state index contributed by atoms with van der Waals surface area (Å²) in [5.74, 6) is -0.278. The van der Waals surface area contributed by atoms with Gasteiger partial charge in [0.1, 0.15) is 6.61 Å². The molecule has 0 saturated carbocycles. The van der Waals surface area contributed by atoms with Crippen LogP contribution in [0.3, 0.4) is 0 Å². The van der Waals surface area contributed by atoms with E-state index in [2.05, 4.69) is 45.2 Å². The Labute approximate surface area is 116 Å². The van der Waals surface area contributed by atoms with Crippen LogP contribution in [0.25, 0.3) is 0 Å². The third kappa shape index (κ3) is 5.50. The number of allylic oxidation sites excluding steroid dienone is 1. The molecule has 0 fully saturated rings. The first-order valence-corrected chi connectivity index (χ1v) is 6.95. The van der Waals surface area contributed by atoms with Crippen molar-refractivity contribution in [2.75, 3.05) is 4.43 Å². The molecule has 15 heavy (non-hydrogen) atoms. The van der Waals surface area contributed by atoms with Crippen LogP contribution in [-0.4, -0.2) is 10.4 Å². The van der Waals surface area contributed by atoms with Crippen LogP contribution < -0.4 is 0 Å². The van der Waals surface area contributed by atoms with Crippen LogP contribution >= 0.6 is 45.2 Å². The third-order valence-electron chi connectivity index (χ3n) is 1.63. The maximum absolute atomic E-state index is 11.3. The van der Waals surface area contributed by atoms with Gasteiger partial charge in [-0.25, -0.2) is 4.79 Å². The van der Waals surface area contributed by atoms with Gasteiger partial charge in [0.25, 0.3) is 0 Å². The summed E-state index contributed by atoms with van der Waals surface area (Å²) < 4.78 is 6.90. The fraction of sp³-hybridized carbons (Fsp3) is 0.182. The van der Waals surface area contributed by atoms with E-state index in [9.17, 15) is 4.79 Å². The van der Waals surface area contributed by atoms with Crippen LogP contribution in [0, 0.1) is 0 Å². The van der Waals surface area contributed by atoms with Gasteiger partial charge in [-0.2, -0.15) is 0 Å². The predicted molar refractivity (Wildman–Crippen MR) is 77.2 cm³/mol. The van der Waals surface area contributed by atoms with Crippen LogP contribution in [0.4, 0.5) is 0 Å². The lowest BCUT2D eigenvalue weighted by Gasteiger charge is -2.01. The van der Waals surface area contributed by atoms with Crippen LogP contribution in [0.15, 0.2) is 40.0 Å². The van der Waals surface area contributed by atoms with Gasteiger partial charge in [0.05, 0.1) is 0 Å². The Hall–Kier alpha value is -0.110. The minimum absolute atomic E-state index is 0.278. The van der Waals surface area contributed by atoms with Gasteiger partial charge in [-0.1, -0.05) is 52.9 Å². The molecule has 4 heteroatoms. The molecule has 0 radical (unpaired) electrons. The maximum Gasteiger partial charge on any atom is 0.331 e. The number of halogens is 2. The molecule has 0 aliphatic rings. The zero-order valence-electron chi connectivity index (χ0n) is 7.95. The predicted octanol–water partition coefficient (Wildman–Crippen LogP) is 3.48. The van der Waals surface area contributed by atoms with E-state index in [0.29, 0.717) is 6.61 Å². The maximum atomic E-state index is 11.3. The lowest BCUT2D eigenvalue weighted by Crippen LogP contribution is -2.01. The zero-order valence-corrected chi connectivity index (χ0v) is 12.3. The number of carbonyl (C=O) groups excluding carboxylic acids is 1. The molecule has 0 spiro atoms. The first-order valence-electron chi connectivity index (χ1n) is 4.35. The minimum atomic E-state index is -0.278. The van der Waals surface area contributed by atoms with Gasteiger partial charge in [-0.15, -0.1) is 0 Å². The Bertz CT molecular complexity index is 347. The van der Waals surface area contributed by atoms with Crippen molar-refractivity contribution in [1.82, 2.24) is 0 Å². The molecule has 0 aromatic heterocycles. The van der Waals surface area contributed by atoms with Crippen molar-refractivity contribution in [3.63, 3.8) is 0 Å². The van der Waals surface area contributed by atoms with Crippen LogP contribution in [0.5, 0.6) is 0 Å². The molecule has 0 aliphatic carbocycles. The number of esters is 1. The highest BCUT2D eigenvalue weighted by Crippen LogP contribution is 2.10. The Balaban J connectivity index is 2.41. The van der Waals surface area contributed by atoms with Crippen molar-refractivity contribution in [3.05, 3.63) is 45.6 Å². The first kappa shape index (κ1) is 13.0. The second kappa shape index (κ2) is 7.21. The van der Waals surface area contributed by atoms with Crippen LogP contribution in [0.2, 0.25) is 0 Å². The average Bonchev–Trinajstić information content (AvgIpc) is 2.27. The topological polar surface area (TPSA) is 26.3 Å². The zero-order chi connectivity index (χ0) is 11.1. The van der Waals surface area contributed by atoms with Crippen molar-refractivity contribution in [1.29, 1.82) is 0 Å². The molecule has 0 saturated heterocycles. The molecule has 1 rings (SSSR count). The highest BCUT2D eigenvalue weighted by molar-refractivity contribution is 14.1. The summed E-state index contributed by atoms with van der Waals surface area (Å²) in [6, 6.07) is 9.64. The molecule has 2 nitrogen and oxygen atoms in total. The summed E-state index contributed by atoms with van der Waals surface area (Å²) in [5.41, 5.74) is 1.00. The molecule has 1 aromatic carbocycles. The molecular formula is C11H10I2O2. The van der Waals surface area contributed by atoms with Gasteiger partial charge < -0.3 is 4.74 Å². The summed E-state index contributed by atoms with van der Waals surface area (Å²) in [5, 5.41) is 0. The van der Waals surface area contributed by atoms with E-state index in [1.165, 1.54) is 6.08 Å². The van der Waals surface area contributed by atoms with Crippen LogP contribution in [-0.2, 0) is 16.1 Å². The lowest BCUT2D eigenvalue weighted by molar-refractivity contribution is -0.139. The average molecular weight is 428 g/mol. The highest BCUT2D eigenvalue weighted by Gasteiger charge is 2.00. The lowest BCUT2D eigenvalue weighted by atomic mass is 10.2. The number of carbonyl (C=O) groups is 1. The Morgan fingerprint density at radius 1 is 1.33 bits per heavy atom. The first-order chi connectivity index (χ1) is 7.22. The summed E-state index contributed by atoms with van der Waals surface area (Å²) in [4.78, 5) is 11.3. The Kier molecular flexibility index (Phi) is 6.23. The molecule has 0 aliphatic heterocycles. The number of hydrogen-bond donors (Lipinski definition) is 0. The number of ether oxygens (including phenoxy) is 1. The molecule has 0 bridgehead atoms. The second-order valence-electron chi connectivity index (χ2n) is 2.82. The summed E-state index contributed by atoms with van der Waals surface area (Å²) in [6.45, 7) is 0.335. The number of alkyl halides is 1. The molecule has 80 valence electrons. The van der Waals surface area contributed by atoms with Crippen molar-refractivity contribution in [3.8, 4) is 0 Å². The molecule has 1 aromatic rings. The van der Waals surface area contributed by atoms with Gasteiger partial charge in [0, 0.05) is 14.1 Å². The smallest absolute Gasteiger partial charge is 0.331 e. The van der Waals surface area contributed by atoms with E-state index in [-0.39, 0.29) is 5.97 Å². The molecule has 0 atom stereocenters. The normalized spacial score (nSPS) is 11.2. The molecule has 0 N–H and O–H groups in total. The second-order valence-corrected chi connectivity index (χ2v) is 4.97. The van der Waals surface area contributed by atoms with E-state index in [1.54, 1.807) is 0 Å². The highest BCUT2D eigenvalue weighted by atomic mass is 127. The van der Waals surface area contributed by atoms with Crippen LogP contribution in [0.1, 0.15) is 5.56 Å². The summed E-state index contributed by atoms with van der Waals surface area (Å²) >= 11 is 4.33. The van der Waals surface area contributed by atoms with E-state index >= 15 is 0 Å². The molecular weight excluding hydrogens is 418 g/mol. The number of benzene rings is 1. The summed E-state index contributed by atoms with van der Waals surface area (Å²) in [7, 11) is 0. The van der Waals surface area contributed by atoms with Gasteiger partial charge in [0.2, 0.25) is 0 Å². The quantitative estimate of drug-likeness (QED) is 0.318. The van der Waals surface area contributed by atoms with Gasteiger partial charge in [0.15, 0.2) is 0 Å². The van der Waals surface area contributed by atoms with E-state index in [4.69, 9.17) is 4.74 Å². The van der Waals surface area contributed by atoms with E-state index in [0.717, 1.165) is 13.6 Å². The third-order valence-corrected chi connectivity index (χ3v) is 4.60. The summed E-state index contributed by atoms with van der Waals surface area (Å²) in [6.07, 6.45) is 1.52. The van der Waals surface area contributed by atoms with Gasteiger partial charge in [-0.3, -0.25) is 0 Å². The fourth-order valence-electron chi connectivity index (χ4n) is 0.937. The SMILES string of the molecule is O=C(/C=C(\I)CI)OCc1ccccc1. The van der Waals surface area contributed by atoms with Crippen molar-refractivity contribution < 1.29 is 9.53 Å². The number of rotatable bonds is 4. The van der Waals surface area contributed by atoms with Gasteiger partial charge >= 0.3 is 5.97 Å². The van der Waals surface area contributed by atoms with Crippen molar-refractivity contribution in [2.45, 2.75) is 6.61 Å². The molecule has 0 unspecified atom stereocenters. The standard InChI is InChI=1S/C11H10I2O2/c12-7-10(13)6-11(14)15-8-9-4-2-1-3-5-9/h1-6H,7-8H2/b10-6-. The Morgan fingerprint density at radius 2 is 2.00 bits per heavy atom. The number of hydrogen-bond acceptors (Lipinski definition) is 2. The van der Waals surface area contributed by atoms with Crippen molar-refractivity contribution >= 4 is 51.2 Å². The fourth-order valence-corrected chi connectivity index (χ4v) is 1.41. The van der Waals surface area contributed by atoms with Crippen molar-refractivity contribution in [2.24, 2.45) is 0 Å². The monoisotopic (exact) mass is 428 g/mol. The Morgan fingerprint density at radius 3 is 2.60 bits per heavy atom. The largest absolute Gasteiger partial charge is 0.458 e. The van der Waals surface area contributed by atoms with E-state index in [1.807, 2.05) is 30.3 Å². The van der Waals surface area contributed by atoms with Gasteiger partial charge in [-0.05, 0) is 28.2 Å². The molecule has 0 amide bonds. The van der Waals surface area contributed by atoms with E-state index < -0.39 is 0 Å². The molecule has 0 heterocycles.